The summed E-state index contributed by atoms with van der Waals surface area (Å²) in [5, 5.41) is 9.67. The second-order valence-electron chi connectivity index (χ2n) is 3.66. The van der Waals surface area contributed by atoms with Crippen LogP contribution in [0.2, 0.25) is 0 Å². The van der Waals surface area contributed by atoms with Gasteiger partial charge >= 0.3 is 5.97 Å². The van der Waals surface area contributed by atoms with Crippen LogP contribution in [0.1, 0.15) is 25.7 Å². The molecule has 82 valence electrons. The average molecular weight is 227 g/mol. The molecule has 0 aromatic carbocycles. The lowest BCUT2D eigenvalue weighted by atomic mass is 10.0. The molecule has 1 fully saturated rings. The van der Waals surface area contributed by atoms with Gasteiger partial charge in [0.1, 0.15) is 6.33 Å². The van der Waals surface area contributed by atoms with Crippen molar-refractivity contribution in [3.63, 3.8) is 0 Å². The fourth-order valence-electron chi connectivity index (χ4n) is 1.96. The molecule has 0 amide bonds. The number of aliphatic carboxylic acids is 1. The minimum atomic E-state index is -0.739. The minimum Gasteiger partial charge on any atom is -0.481 e. The number of hydrogen-bond donors (Lipinski definition) is 1. The van der Waals surface area contributed by atoms with Crippen molar-refractivity contribution in [2.75, 3.05) is 11.4 Å². The molecule has 0 spiro atoms. The van der Waals surface area contributed by atoms with Gasteiger partial charge < -0.3 is 10.0 Å². The van der Waals surface area contributed by atoms with Gasteiger partial charge in [0, 0.05) is 24.1 Å². The van der Waals surface area contributed by atoms with Crippen molar-refractivity contribution in [1.29, 1.82) is 0 Å². The monoisotopic (exact) mass is 227 g/mol. The number of carboxylic acid groups (broad SMARTS) is 1. The second kappa shape index (κ2) is 4.57. The Morgan fingerprint density at radius 1 is 1.67 bits per heavy atom. The highest BCUT2D eigenvalue weighted by atomic mass is 32.1. The van der Waals surface area contributed by atoms with Gasteiger partial charge in [-0.15, -0.1) is 0 Å². The predicted octanol–water partition coefficient (Wildman–Crippen LogP) is 1.37. The maximum atomic E-state index is 10.7. The van der Waals surface area contributed by atoms with Crippen LogP contribution in [0.15, 0.2) is 6.33 Å². The lowest BCUT2D eigenvalue weighted by Gasteiger charge is -2.34. The van der Waals surface area contributed by atoms with Gasteiger partial charge in [-0.05, 0) is 19.3 Å². The van der Waals surface area contributed by atoms with E-state index in [9.17, 15) is 4.79 Å². The molecule has 0 aliphatic carbocycles. The molecule has 1 unspecified atom stereocenters. The average Bonchev–Trinajstić information content (AvgIpc) is 2.70. The fraction of sp³-hybridized carbons (Fsp3) is 0.667. The summed E-state index contributed by atoms with van der Waals surface area (Å²) in [7, 11) is 0. The summed E-state index contributed by atoms with van der Waals surface area (Å²) in [6.07, 6.45) is 4.86. The van der Waals surface area contributed by atoms with E-state index >= 15 is 0 Å². The molecule has 0 saturated carbocycles. The Morgan fingerprint density at radius 2 is 2.53 bits per heavy atom. The zero-order valence-electron chi connectivity index (χ0n) is 8.30. The van der Waals surface area contributed by atoms with Crippen molar-refractivity contribution >= 4 is 22.6 Å². The third-order valence-corrected chi connectivity index (χ3v) is 3.34. The molecule has 2 heterocycles. The predicted molar refractivity (Wildman–Crippen MR) is 57.1 cm³/mol. The summed E-state index contributed by atoms with van der Waals surface area (Å²) in [4.78, 5) is 16.9. The van der Waals surface area contributed by atoms with Crippen molar-refractivity contribution in [2.45, 2.75) is 31.7 Å². The van der Waals surface area contributed by atoms with Crippen LogP contribution in [-0.2, 0) is 4.79 Å². The second-order valence-corrected chi connectivity index (χ2v) is 4.42. The van der Waals surface area contributed by atoms with E-state index in [2.05, 4.69) is 14.3 Å². The lowest BCUT2D eigenvalue weighted by Crippen LogP contribution is -2.40. The Bertz CT molecular complexity index is 328. The van der Waals surface area contributed by atoms with Gasteiger partial charge in [-0.3, -0.25) is 4.79 Å². The molecule has 1 aromatic rings. The molecule has 1 atom stereocenters. The van der Waals surface area contributed by atoms with Gasteiger partial charge in [0.05, 0.1) is 6.42 Å². The van der Waals surface area contributed by atoms with Crippen molar-refractivity contribution in [2.24, 2.45) is 0 Å². The van der Waals surface area contributed by atoms with Crippen LogP contribution in [0.25, 0.3) is 0 Å². The van der Waals surface area contributed by atoms with E-state index < -0.39 is 5.97 Å². The van der Waals surface area contributed by atoms with Crippen molar-refractivity contribution < 1.29 is 9.90 Å². The third kappa shape index (κ3) is 2.44. The third-order valence-electron chi connectivity index (χ3n) is 2.63. The highest BCUT2D eigenvalue weighted by Crippen LogP contribution is 2.26. The van der Waals surface area contributed by atoms with Crippen LogP contribution < -0.4 is 4.90 Å². The molecule has 0 radical (unpaired) electrons. The molecule has 5 nitrogen and oxygen atoms in total. The first-order valence-corrected chi connectivity index (χ1v) is 5.80. The van der Waals surface area contributed by atoms with Crippen molar-refractivity contribution in [3.05, 3.63) is 6.33 Å². The van der Waals surface area contributed by atoms with E-state index in [0.717, 1.165) is 30.9 Å². The zero-order valence-corrected chi connectivity index (χ0v) is 9.11. The van der Waals surface area contributed by atoms with Crippen LogP contribution in [0.3, 0.4) is 0 Å². The Hall–Kier alpha value is -1.17. The van der Waals surface area contributed by atoms with Gasteiger partial charge in [0.2, 0.25) is 5.13 Å². The molecule has 1 N–H and O–H groups in total. The SMILES string of the molecule is O=C(O)CC1CCCCN1c1ncns1. The summed E-state index contributed by atoms with van der Waals surface area (Å²) in [6, 6.07) is 0.0872. The number of piperidine rings is 1. The number of hydrogen-bond acceptors (Lipinski definition) is 5. The molecule has 15 heavy (non-hydrogen) atoms. The maximum absolute atomic E-state index is 10.7. The highest BCUT2D eigenvalue weighted by molar-refractivity contribution is 7.09. The quantitative estimate of drug-likeness (QED) is 0.844. The van der Waals surface area contributed by atoms with E-state index in [-0.39, 0.29) is 12.5 Å². The van der Waals surface area contributed by atoms with Crippen LogP contribution in [0.5, 0.6) is 0 Å². The summed E-state index contributed by atoms with van der Waals surface area (Å²) in [5.74, 6) is -0.739. The molecule has 1 aliphatic rings. The normalized spacial score (nSPS) is 21.6. The smallest absolute Gasteiger partial charge is 0.305 e. The van der Waals surface area contributed by atoms with Crippen LogP contribution in [0, 0.1) is 0 Å². The first kappa shape index (κ1) is 10.4. The van der Waals surface area contributed by atoms with Gasteiger partial charge in [-0.1, -0.05) is 0 Å². The molecule has 2 rings (SSSR count). The van der Waals surface area contributed by atoms with E-state index in [4.69, 9.17) is 5.11 Å². The number of rotatable bonds is 3. The lowest BCUT2D eigenvalue weighted by molar-refractivity contribution is -0.137. The molecule has 1 saturated heterocycles. The van der Waals surface area contributed by atoms with Crippen molar-refractivity contribution in [1.82, 2.24) is 9.36 Å². The Morgan fingerprint density at radius 3 is 3.20 bits per heavy atom. The van der Waals surface area contributed by atoms with Gasteiger partial charge in [0.15, 0.2) is 0 Å². The Balaban J connectivity index is 2.09. The summed E-state index contributed by atoms with van der Waals surface area (Å²) < 4.78 is 3.95. The summed E-state index contributed by atoms with van der Waals surface area (Å²) in [5.41, 5.74) is 0. The van der Waals surface area contributed by atoms with E-state index in [1.54, 1.807) is 0 Å². The van der Waals surface area contributed by atoms with Gasteiger partial charge in [-0.2, -0.15) is 4.37 Å². The zero-order chi connectivity index (χ0) is 10.7. The number of aromatic nitrogens is 2. The highest BCUT2D eigenvalue weighted by Gasteiger charge is 2.26. The first-order valence-electron chi connectivity index (χ1n) is 5.02. The molecule has 0 bridgehead atoms. The summed E-state index contributed by atoms with van der Waals surface area (Å²) in [6.45, 7) is 0.896. The fourth-order valence-corrected chi connectivity index (χ4v) is 2.59. The first-order chi connectivity index (χ1) is 7.27. The van der Waals surface area contributed by atoms with Crippen LogP contribution >= 0.6 is 11.5 Å². The molecule has 1 aliphatic heterocycles. The van der Waals surface area contributed by atoms with Gasteiger partial charge in [-0.25, -0.2) is 4.98 Å². The van der Waals surface area contributed by atoms with E-state index in [1.165, 1.54) is 17.9 Å². The topological polar surface area (TPSA) is 66.3 Å². The largest absolute Gasteiger partial charge is 0.481 e. The summed E-state index contributed by atoms with van der Waals surface area (Å²) >= 11 is 1.33. The molecular weight excluding hydrogens is 214 g/mol. The maximum Gasteiger partial charge on any atom is 0.305 e. The standard InChI is InChI=1S/C9H13N3O2S/c13-8(14)5-7-3-1-2-4-12(7)9-10-6-11-15-9/h6-7H,1-5H2,(H,13,14). The van der Waals surface area contributed by atoms with Crippen molar-refractivity contribution in [3.8, 4) is 0 Å². The Labute approximate surface area is 91.9 Å². The van der Waals surface area contributed by atoms with Gasteiger partial charge in [0.25, 0.3) is 0 Å². The minimum absolute atomic E-state index is 0.0872. The number of carbonyl (C=O) groups is 1. The molecular formula is C9H13N3O2S. The molecule has 1 aromatic heterocycles. The van der Waals surface area contributed by atoms with E-state index in [0.29, 0.717) is 0 Å². The van der Waals surface area contributed by atoms with Crippen LogP contribution in [0.4, 0.5) is 5.13 Å². The van der Waals surface area contributed by atoms with Crippen LogP contribution in [-0.4, -0.2) is 33.0 Å². The van der Waals surface area contributed by atoms with E-state index in [1.807, 2.05) is 0 Å². The molecule has 6 heteroatoms. The number of anilines is 1. The number of nitrogens with zero attached hydrogens (tertiary/aromatic N) is 3. The number of carboxylic acids is 1. The Kier molecular flexibility index (Phi) is 3.15.